The van der Waals surface area contributed by atoms with Crippen molar-refractivity contribution in [2.75, 3.05) is 27.2 Å². The molecule has 0 amide bonds. The summed E-state index contributed by atoms with van der Waals surface area (Å²) >= 11 is 0. The van der Waals surface area contributed by atoms with Crippen LogP contribution in [0.4, 0.5) is 0 Å². The van der Waals surface area contributed by atoms with Crippen LogP contribution >= 0.6 is 0 Å². The van der Waals surface area contributed by atoms with Gasteiger partial charge in [0.05, 0.1) is 20.6 Å². The van der Waals surface area contributed by atoms with E-state index >= 15 is 0 Å². The molecule has 0 saturated heterocycles. The first kappa shape index (κ1) is 25.2. The van der Waals surface area contributed by atoms with Crippen LogP contribution in [-0.4, -0.2) is 31.7 Å². The minimum absolute atomic E-state index is 0. The number of hydrogen-bond donors (Lipinski definition) is 0. The summed E-state index contributed by atoms with van der Waals surface area (Å²) in [4.78, 5) is 0. The van der Waals surface area contributed by atoms with Crippen molar-refractivity contribution in [3.05, 3.63) is 0 Å². The maximum Gasteiger partial charge on any atom is 0.166 e. The molecule has 0 heterocycles. The molecule has 138 valence electrons. The first-order valence-electron chi connectivity index (χ1n) is 9.81. The molecule has 0 aliphatic rings. The highest BCUT2D eigenvalue weighted by Gasteiger charge is 2.12. The van der Waals surface area contributed by atoms with Gasteiger partial charge >= 0.3 is 0 Å². The Kier molecular flexibility index (Phi) is 20.0. The third-order valence-corrected chi connectivity index (χ3v) is 4.62. The van der Waals surface area contributed by atoms with Crippen LogP contribution in [-0.2, 0) is 0 Å². The molecule has 0 rings (SSSR count). The van der Waals surface area contributed by atoms with Gasteiger partial charge in [-0.05, 0) is 12.8 Å². The quantitative estimate of drug-likeness (QED) is 0.226. The van der Waals surface area contributed by atoms with Crippen LogP contribution in [0.15, 0.2) is 0 Å². The fraction of sp³-hybridized carbons (Fsp3) is 0.950. The van der Waals surface area contributed by atoms with E-state index in [2.05, 4.69) is 27.1 Å². The van der Waals surface area contributed by atoms with Crippen LogP contribution in [0.25, 0.3) is 0 Å². The van der Waals surface area contributed by atoms with Crippen LogP contribution in [0.1, 0.15) is 96.8 Å². The van der Waals surface area contributed by atoms with Crippen LogP contribution in [0, 0.1) is 11.3 Å². The average molecular weight is 389 g/mol. The third kappa shape index (κ3) is 19.9. The number of rotatable bonds is 16. The molecule has 0 aromatic carbocycles. The van der Waals surface area contributed by atoms with Gasteiger partial charge in [-0.2, -0.15) is 5.26 Å². The molecule has 2 nitrogen and oxygen atoms in total. The summed E-state index contributed by atoms with van der Waals surface area (Å²) in [7, 11) is 4.32. The molecule has 3 heteroatoms. The van der Waals surface area contributed by atoms with Gasteiger partial charge in [0.2, 0.25) is 0 Å². The highest BCUT2D eigenvalue weighted by atomic mass is 79.9. The van der Waals surface area contributed by atoms with Gasteiger partial charge in [-0.1, -0.05) is 84.0 Å². The molecule has 0 aliphatic carbocycles. The minimum Gasteiger partial charge on any atom is -1.00 e. The van der Waals surface area contributed by atoms with Gasteiger partial charge in [0.25, 0.3) is 0 Å². The highest BCUT2D eigenvalue weighted by molar-refractivity contribution is 4.66. The second-order valence-corrected chi connectivity index (χ2v) is 7.57. The fourth-order valence-electron chi connectivity index (χ4n) is 3.00. The van der Waals surface area contributed by atoms with Gasteiger partial charge in [-0.15, -0.1) is 0 Å². The number of halogens is 1. The van der Waals surface area contributed by atoms with E-state index < -0.39 is 0 Å². The first-order chi connectivity index (χ1) is 10.6. The van der Waals surface area contributed by atoms with E-state index in [4.69, 9.17) is 5.26 Å². The summed E-state index contributed by atoms with van der Waals surface area (Å²) < 4.78 is 0.856. The lowest BCUT2D eigenvalue weighted by Gasteiger charge is -2.26. The van der Waals surface area contributed by atoms with Crippen molar-refractivity contribution in [3.8, 4) is 6.07 Å². The summed E-state index contributed by atoms with van der Waals surface area (Å²) in [5.41, 5.74) is 0. The molecule has 0 saturated carbocycles. The monoisotopic (exact) mass is 388 g/mol. The molecule has 0 spiro atoms. The molecular formula is C20H41BrN2. The number of unbranched alkanes of at least 4 members (excludes halogenated alkanes) is 13. The van der Waals surface area contributed by atoms with Crippen LogP contribution in [0.2, 0.25) is 0 Å². The van der Waals surface area contributed by atoms with Crippen molar-refractivity contribution >= 4 is 0 Å². The lowest BCUT2D eigenvalue weighted by Crippen LogP contribution is -3.00. The molecule has 0 aliphatic heterocycles. The summed E-state index contributed by atoms with van der Waals surface area (Å²) in [5, 5.41) is 8.75. The molecule has 23 heavy (non-hydrogen) atoms. The average Bonchev–Trinajstić information content (AvgIpc) is 2.47. The van der Waals surface area contributed by atoms with E-state index in [1.807, 2.05) is 0 Å². The fourth-order valence-corrected chi connectivity index (χ4v) is 3.00. The normalized spacial score (nSPS) is 11.0. The van der Waals surface area contributed by atoms with E-state index in [0.717, 1.165) is 11.0 Å². The molecule has 0 unspecified atom stereocenters. The maximum absolute atomic E-state index is 8.75. The predicted octanol–water partition coefficient (Wildman–Crippen LogP) is 3.07. The number of quaternary nitrogens is 1. The van der Waals surface area contributed by atoms with Crippen molar-refractivity contribution in [2.45, 2.75) is 96.8 Å². The van der Waals surface area contributed by atoms with Crippen molar-refractivity contribution in [1.29, 1.82) is 5.26 Å². The second kappa shape index (κ2) is 18.3. The zero-order valence-electron chi connectivity index (χ0n) is 16.1. The van der Waals surface area contributed by atoms with Crippen molar-refractivity contribution < 1.29 is 21.5 Å². The van der Waals surface area contributed by atoms with Crippen LogP contribution in [0.3, 0.4) is 0 Å². The molecule has 0 aromatic rings. The Morgan fingerprint density at radius 1 is 0.652 bits per heavy atom. The molecule has 0 aromatic heterocycles. The molecule has 0 bridgehead atoms. The van der Waals surface area contributed by atoms with E-state index in [-0.39, 0.29) is 17.0 Å². The minimum atomic E-state index is 0. The summed E-state index contributed by atoms with van der Waals surface area (Å²) in [6.07, 6.45) is 19.7. The number of nitriles is 1. The van der Waals surface area contributed by atoms with E-state index in [1.165, 1.54) is 89.9 Å². The smallest absolute Gasteiger partial charge is 0.166 e. The third-order valence-electron chi connectivity index (χ3n) is 4.62. The molecular weight excluding hydrogens is 348 g/mol. The predicted molar refractivity (Wildman–Crippen MR) is 97.8 cm³/mol. The topological polar surface area (TPSA) is 23.8 Å². The Morgan fingerprint density at radius 2 is 1.00 bits per heavy atom. The SMILES string of the molecule is CCCCCCCCCCCCCCCC[N+](C)(C)CC#N.[Br-]. The van der Waals surface area contributed by atoms with E-state index in [0.29, 0.717) is 6.54 Å². The van der Waals surface area contributed by atoms with Crippen LogP contribution in [0.5, 0.6) is 0 Å². The largest absolute Gasteiger partial charge is 1.00 e. The zero-order valence-corrected chi connectivity index (χ0v) is 17.7. The standard InChI is InChI=1S/C20H41N2.BrH/c1-4-5-6-7-8-9-10-11-12-13-14-15-16-17-19-22(2,3)20-18-21;/h4-17,19-20H2,1-3H3;1H/q+1;/p-1. The van der Waals surface area contributed by atoms with Gasteiger partial charge < -0.3 is 21.5 Å². The maximum atomic E-state index is 8.75. The summed E-state index contributed by atoms with van der Waals surface area (Å²) in [5.74, 6) is 0. The van der Waals surface area contributed by atoms with Gasteiger partial charge in [-0.3, -0.25) is 0 Å². The first-order valence-corrected chi connectivity index (χ1v) is 9.81. The molecule has 0 fully saturated rings. The Bertz CT molecular complexity index is 271. The Labute approximate surface area is 157 Å². The van der Waals surface area contributed by atoms with Gasteiger partial charge in [0.15, 0.2) is 6.54 Å². The van der Waals surface area contributed by atoms with Crippen LogP contribution < -0.4 is 17.0 Å². The lowest BCUT2D eigenvalue weighted by atomic mass is 10.0. The number of hydrogen-bond acceptors (Lipinski definition) is 1. The molecule has 0 radical (unpaired) electrons. The lowest BCUT2D eigenvalue weighted by molar-refractivity contribution is -0.883. The Morgan fingerprint density at radius 3 is 1.35 bits per heavy atom. The number of nitrogens with zero attached hydrogens (tertiary/aromatic N) is 2. The zero-order chi connectivity index (χ0) is 16.5. The molecule has 0 atom stereocenters. The molecule has 0 N–H and O–H groups in total. The van der Waals surface area contributed by atoms with Crippen molar-refractivity contribution in [2.24, 2.45) is 0 Å². The second-order valence-electron chi connectivity index (χ2n) is 7.57. The summed E-state index contributed by atoms with van der Waals surface area (Å²) in [6, 6.07) is 2.28. The Balaban J connectivity index is 0. The van der Waals surface area contributed by atoms with E-state index in [9.17, 15) is 0 Å². The summed E-state index contributed by atoms with van der Waals surface area (Å²) in [6.45, 7) is 4.07. The van der Waals surface area contributed by atoms with Crippen molar-refractivity contribution in [1.82, 2.24) is 0 Å². The van der Waals surface area contributed by atoms with E-state index in [1.54, 1.807) is 0 Å². The van der Waals surface area contributed by atoms with Gasteiger partial charge in [0.1, 0.15) is 6.07 Å². The highest BCUT2D eigenvalue weighted by Crippen LogP contribution is 2.13. The van der Waals surface area contributed by atoms with Gasteiger partial charge in [-0.25, -0.2) is 0 Å². The van der Waals surface area contributed by atoms with Gasteiger partial charge in [0, 0.05) is 0 Å². The van der Waals surface area contributed by atoms with Crippen molar-refractivity contribution in [3.63, 3.8) is 0 Å². The Hall–Kier alpha value is -0.0700.